The Kier molecular flexibility index (Phi) is 6.09. The van der Waals surface area contributed by atoms with Gasteiger partial charge in [0.05, 0.1) is 5.56 Å². The van der Waals surface area contributed by atoms with E-state index in [4.69, 9.17) is 4.74 Å². The Bertz CT molecular complexity index is 737. The summed E-state index contributed by atoms with van der Waals surface area (Å²) >= 11 is 3.32. The van der Waals surface area contributed by atoms with Crippen LogP contribution < -0.4 is 0 Å². The monoisotopic (exact) mass is 376 g/mol. The molecule has 1 saturated heterocycles. The van der Waals surface area contributed by atoms with Crippen molar-refractivity contribution in [2.75, 3.05) is 19.7 Å². The molecule has 1 aliphatic rings. The van der Waals surface area contributed by atoms with Crippen LogP contribution in [0.4, 0.5) is 0 Å². The van der Waals surface area contributed by atoms with E-state index < -0.39 is 5.97 Å². The average Bonchev–Trinajstić information content (AvgIpc) is 3.30. The normalized spacial score (nSPS) is 13.9. The van der Waals surface area contributed by atoms with E-state index in [0.717, 1.165) is 47.3 Å². The Morgan fingerprint density at radius 1 is 1.24 bits per heavy atom. The maximum absolute atomic E-state index is 12.1. The maximum Gasteiger partial charge on any atom is 0.338 e. The number of esters is 1. The molecule has 7 heteroatoms. The second-order valence-electron chi connectivity index (χ2n) is 5.90. The lowest BCUT2D eigenvalue weighted by atomic mass is 10.1. The first-order valence-corrected chi connectivity index (χ1v) is 10.1. The van der Waals surface area contributed by atoms with E-state index in [0.29, 0.717) is 5.56 Å². The summed E-state index contributed by atoms with van der Waals surface area (Å²) in [4.78, 5) is 30.1. The smallest absolute Gasteiger partial charge is 0.338 e. The summed E-state index contributed by atoms with van der Waals surface area (Å²) in [6, 6.07) is 7.30. The molecule has 1 fully saturated rings. The summed E-state index contributed by atoms with van der Waals surface area (Å²) in [5.74, 6) is 0.232. The largest absolute Gasteiger partial charge is 0.452 e. The summed E-state index contributed by atoms with van der Waals surface area (Å²) in [7, 11) is 0. The third-order valence-electron chi connectivity index (χ3n) is 3.94. The number of amides is 1. The van der Waals surface area contributed by atoms with Gasteiger partial charge in [-0.2, -0.15) is 0 Å². The van der Waals surface area contributed by atoms with Gasteiger partial charge in [0, 0.05) is 29.9 Å². The SMILES string of the molecule is Cc1csc(SCc2ccc(C(=O)OCC(=O)N3CCCC3)cc2)n1. The molecule has 0 radical (unpaired) electrons. The predicted molar refractivity (Wildman–Crippen MR) is 99.0 cm³/mol. The van der Waals surface area contributed by atoms with Crippen LogP contribution in [0, 0.1) is 6.92 Å². The van der Waals surface area contributed by atoms with E-state index in [2.05, 4.69) is 4.98 Å². The molecule has 1 aliphatic heterocycles. The van der Waals surface area contributed by atoms with Crippen LogP contribution in [0.2, 0.25) is 0 Å². The highest BCUT2D eigenvalue weighted by Crippen LogP contribution is 2.26. The molecule has 132 valence electrons. The van der Waals surface area contributed by atoms with Gasteiger partial charge in [-0.1, -0.05) is 23.9 Å². The lowest BCUT2D eigenvalue weighted by molar-refractivity contribution is -0.133. The van der Waals surface area contributed by atoms with Crippen molar-refractivity contribution in [3.8, 4) is 0 Å². The Morgan fingerprint density at radius 3 is 2.60 bits per heavy atom. The van der Waals surface area contributed by atoms with E-state index >= 15 is 0 Å². The van der Waals surface area contributed by atoms with Gasteiger partial charge < -0.3 is 9.64 Å². The van der Waals surface area contributed by atoms with E-state index in [9.17, 15) is 9.59 Å². The van der Waals surface area contributed by atoms with Crippen LogP contribution in [-0.4, -0.2) is 41.5 Å². The fourth-order valence-electron chi connectivity index (χ4n) is 2.55. The van der Waals surface area contributed by atoms with Crippen LogP contribution in [0.25, 0.3) is 0 Å². The molecule has 1 amide bonds. The fraction of sp³-hybridized carbons (Fsp3) is 0.389. The number of aromatic nitrogens is 1. The van der Waals surface area contributed by atoms with Gasteiger partial charge in [-0.05, 0) is 37.5 Å². The van der Waals surface area contributed by atoms with Gasteiger partial charge in [0.1, 0.15) is 4.34 Å². The molecule has 1 aromatic carbocycles. The van der Waals surface area contributed by atoms with Gasteiger partial charge in [-0.15, -0.1) is 11.3 Å². The van der Waals surface area contributed by atoms with Crippen molar-refractivity contribution in [1.29, 1.82) is 0 Å². The van der Waals surface area contributed by atoms with Crippen LogP contribution in [0.5, 0.6) is 0 Å². The lowest BCUT2D eigenvalue weighted by Crippen LogP contribution is -2.32. The van der Waals surface area contributed by atoms with E-state index in [-0.39, 0.29) is 12.5 Å². The number of carbonyl (C=O) groups excluding carboxylic acids is 2. The van der Waals surface area contributed by atoms with E-state index in [1.807, 2.05) is 24.4 Å². The van der Waals surface area contributed by atoms with Crippen molar-refractivity contribution in [1.82, 2.24) is 9.88 Å². The minimum absolute atomic E-state index is 0.113. The molecule has 2 heterocycles. The summed E-state index contributed by atoms with van der Waals surface area (Å²) in [6.07, 6.45) is 2.06. The molecule has 0 aliphatic carbocycles. The van der Waals surface area contributed by atoms with Gasteiger partial charge >= 0.3 is 5.97 Å². The number of carbonyl (C=O) groups is 2. The Labute approximate surface area is 155 Å². The predicted octanol–water partition coefficient (Wildman–Crippen LogP) is 3.52. The van der Waals surface area contributed by atoms with Crippen molar-refractivity contribution < 1.29 is 14.3 Å². The maximum atomic E-state index is 12.1. The molecule has 3 rings (SSSR count). The van der Waals surface area contributed by atoms with Crippen LogP contribution in [0.15, 0.2) is 34.0 Å². The number of nitrogens with zero attached hydrogens (tertiary/aromatic N) is 2. The second-order valence-corrected chi connectivity index (χ2v) is 7.98. The summed E-state index contributed by atoms with van der Waals surface area (Å²) in [5, 5.41) is 2.03. The van der Waals surface area contributed by atoms with Gasteiger partial charge in [0.25, 0.3) is 5.91 Å². The number of benzene rings is 1. The zero-order valence-electron chi connectivity index (χ0n) is 14.1. The van der Waals surface area contributed by atoms with Gasteiger partial charge in [-0.3, -0.25) is 4.79 Å². The number of likely N-dealkylation sites (tertiary alicyclic amines) is 1. The molecular weight excluding hydrogens is 356 g/mol. The Morgan fingerprint density at radius 2 is 1.96 bits per heavy atom. The third-order valence-corrected chi connectivity index (χ3v) is 6.15. The molecule has 2 aromatic rings. The van der Waals surface area contributed by atoms with Crippen LogP contribution in [0.1, 0.15) is 34.5 Å². The standard InChI is InChI=1S/C18H20N2O3S2/c1-13-11-24-18(19-13)25-12-14-4-6-15(7-5-14)17(22)23-10-16(21)20-8-2-3-9-20/h4-7,11H,2-3,8-10,12H2,1H3. The fourth-order valence-corrected chi connectivity index (χ4v) is 4.35. The van der Waals surface area contributed by atoms with Crippen molar-refractivity contribution in [3.63, 3.8) is 0 Å². The summed E-state index contributed by atoms with van der Waals surface area (Å²) < 4.78 is 6.17. The molecular formula is C18H20N2O3S2. The third kappa shape index (κ3) is 5.06. The summed E-state index contributed by atoms with van der Waals surface area (Å²) in [5.41, 5.74) is 2.62. The Balaban J connectivity index is 1.47. The minimum Gasteiger partial charge on any atom is -0.452 e. The highest BCUT2D eigenvalue weighted by atomic mass is 32.2. The number of hydrogen-bond donors (Lipinski definition) is 0. The molecule has 25 heavy (non-hydrogen) atoms. The highest BCUT2D eigenvalue weighted by Gasteiger charge is 2.19. The lowest BCUT2D eigenvalue weighted by Gasteiger charge is -2.14. The minimum atomic E-state index is -0.456. The quantitative estimate of drug-likeness (QED) is 0.570. The molecule has 0 spiro atoms. The first kappa shape index (κ1) is 17.9. The van der Waals surface area contributed by atoms with E-state index in [1.165, 1.54) is 0 Å². The molecule has 0 atom stereocenters. The average molecular weight is 377 g/mol. The molecule has 5 nitrogen and oxygen atoms in total. The van der Waals surface area contributed by atoms with Crippen LogP contribution >= 0.6 is 23.1 Å². The van der Waals surface area contributed by atoms with Crippen molar-refractivity contribution in [2.24, 2.45) is 0 Å². The van der Waals surface area contributed by atoms with Crippen molar-refractivity contribution >= 4 is 35.0 Å². The first-order chi connectivity index (χ1) is 12.1. The topological polar surface area (TPSA) is 59.5 Å². The summed E-state index contributed by atoms with van der Waals surface area (Å²) in [6.45, 7) is 3.33. The van der Waals surface area contributed by atoms with Crippen molar-refractivity contribution in [2.45, 2.75) is 29.9 Å². The van der Waals surface area contributed by atoms with Gasteiger partial charge in [0.2, 0.25) is 0 Å². The number of thioether (sulfide) groups is 1. The molecule has 0 bridgehead atoms. The molecule has 0 N–H and O–H groups in total. The van der Waals surface area contributed by atoms with Crippen molar-refractivity contribution in [3.05, 3.63) is 46.5 Å². The number of hydrogen-bond acceptors (Lipinski definition) is 6. The van der Waals surface area contributed by atoms with Gasteiger partial charge in [-0.25, -0.2) is 9.78 Å². The second kappa shape index (κ2) is 8.49. The van der Waals surface area contributed by atoms with Crippen LogP contribution in [0.3, 0.4) is 0 Å². The number of aryl methyl sites for hydroxylation is 1. The number of ether oxygens (including phenoxy) is 1. The van der Waals surface area contributed by atoms with E-state index in [1.54, 1.807) is 40.1 Å². The van der Waals surface area contributed by atoms with Crippen LogP contribution in [-0.2, 0) is 15.3 Å². The molecule has 0 unspecified atom stereocenters. The zero-order valence-corrected chi connectivity index (χ0v) is 15.7. The molecule has 0 saturated carbocycles. The number of rotatable bonds is 6. The zero-order chi connectivity index (χ0) is 17.6. The Hall–Kier alpha value is -1.86. The molecule has 1 aromatic heterocycles. The van der Waals surface area contributed by atoms with Gasteiger partial charge in [0.15, 0.2) is 6.61 Å². The number of thiazole rings is 1. The first-order valence-electron chi connectivity index (χ1n) is 8.20. The highest BCUT2D eigenvalue weighted by molar-refractivity contribution is 8.00.